The van der Waals surface area contributed by atoms with Crippen LogP contribution in [0.15, 0.2) is 6.07 Å². The summed E-state index contributed by atoms with van der Waals surface area (Å²) in [5.41, 5.74) is 0.377. The molecule has 47 valence electrons. The molecule has 0 aliphatic heterocycles. The first kappa shape index (κ1) is 5.74. The van der Waals surface area contributed by atoms with E-state index in [1.807, 2.05) is 0 Å². The number of nitro groups is 1. The van der Waals surface area contributed by atoms with Gasteiger partial charge in [-0.25, -0.2) is 0 Å². The van der Waals surface area contributed by atoms with Crippen LogP contribution in [0.2, 0.25) is 0 Å². The molecule has 5 heteroatoms. The minimum atomic E-state index is -0.554. The quantitative estimate of drug-likeness (QED) is 0.440. The monoisotopic (exact) mass is 126 g/mol. The summed E-state index contributed by atoms with van der Waals surface area (Å²) in [5, 5.41) is 15.6. The van der Waals surface area contributed by atoms with E-state index in [9.17, 15) is 10.1 Å². The van der Waals surface area contributed by atoms with Gasteiger partial charge < -0.3 is 10.1 Å². The van der Waals surface area contributed by atoms with Crippen molar-refractivity contribution in [2.24, 2.45) is 0 Å². The van der Waals surface area contributed by atoms with Gasteiger partial charge in [0.2, 0.25) is 0 Å². The topological polar surface area (TPSA) is 71.8 Å². The van der Waals surface area contributed by atoms with E-state index in [0.717, 1.165) is 0 Å². The SMILES string of the molecule is [CH2]c1cc([N+](=O)[O-])[nH]n1. The molecule has 1 aromatic rings. The van der Waals surface area contributed by atoms with Crippen LogP contribution in [0.1, 0.15) is 5.69 Å². The second-order valence-electron chi connectivity index (χ2n) is 1.50. The van der Waals surface area contributed by atoms with Crippen molar-refractivity contribution in [2.45, 2.75) is 0 Å². The molecule has 0 saturated heterocycles. The summed E-state index contributed by atoms with van der Waals surface area (Å²) in [6.07, 6.45) is 0. The summed E-state index contributed by atoms with van der Waals surface area (Å²) in [5.74, 6) is -0.125. The molecule has 0 aliphatic carbocycles. The van der Waals surface area contributed by atoms with Crippen molar-refractivity contribution < 1.29 is 4.92 Å². The van der Waals surface area contributed by atoms with Crippen molar-refractivity contribution in [3.63, 3.8) is 0 Å². The normalized spacial score (nSPS) is 9.44. The predicted octanol–water partition coefficient (Wildman–Crippen LogP) is 0.500. The summed E-state index contributed by atoms with van der Waals surface area (Å²) in [6, 6.07) is 1.26. The lowest BCUT2D eigenvalue weighted by molar-refractivity contribution is -0.389. The molecule has 0 atom stereocenters. The van der Waals surface area contributed by atoms with E-state index in [1.165, 1.54) is 6.07 Å². The van der Waals surface area contributed by atoms with E-state index in [4.69, 9.17) is 0 Å². The molecule has 0 bridgehead atoms. The highest BCUT2D eigenvalue weighted by Gasteiger charge is 2.04. The fourth-order valence-electron chi connectivity index (χ4n) is 0.445. The van der Waals surface area contributed by atoms with E-state index in [0.29, 0.717) is 5.69 Å². The van der Waals surface area contributed by atoms with E-state index >= 15 is 0 Å². The number of aromatic amines is 1. The molecular formula is C4H4N3O2. The smallest absolute Gasteiger partial charge is 0.342 e. The molecule has 0 aromatic carbocycles. The van der Waals surface area contributed by atoms with Gasteiger partial charge in [-0.05, 0) is 11.8 Å². The molecule has 1 rings (SSSR count). The number of aromatic nitrogens is 2. The Kier molecular flexibility index (Phi) is 1.18. The maximum Gasteiger partial charge on any atom is 0.342 e. The third-order valence-corrected chi connectivity index (χ3v) is 0.814. The Morgan fingerprint density at radius 3 is 2.78 bits per heavy atom. The first-order chi connectivity index (χ1) is 4.20. The molecule has 0 saturated carbocycles. The number of H-pyrrole nitrogens is 1. The average molecular weight is 126 g/mol. The number of nitrogens with zero attached hydrogens (tertiary/aromatic N) is 2. The van der Waals surface area contributed by atoms with Crippen molar-refractivity contribution in [1.29, 1.82) is 0 Å². The van der Waals surface area contributed by atoms with Crippen molar-refractivity contribution >= 4 is 5.82 Å². The summed E-state index contributed by atoms with van der Waals surface area (Å²) in [6.45, 7) is 3.38. The van der Waals surface area contributed by atoms with Gasteiger partial charge in [-0.1, -0.05) is 5.10 Å². The highest BCUT2D eigenvalue weighted by atomic mass is 16.6. The van der Waals surface area contributed by atoms with Gasteiger partial charge in [0.25, 0.3) is 0 Å². The van der Waals surface area contributed by atoms with E-state index < -0.39 is 4.92 Å². The number of nitrogens with one attached hydrogen (secondary N) is 1. The van der Waals surface area contributed by atoms with Gasteiger partial charge in [0.1, 0.15) is 0 Å². The molecule has 1 aromatic heterocycles. The average Bonchev–Trinajstić information content (AvgIpc) is 2.14. The van der Waals surface area contributed by atoms with Crippen LogP contribution in [0, 0.1) is 17.0 Å². The maximum atomic E-state index is 9.92. The van der Waals surface area contributed by atoms with Crippen LogP contribution >= 0.6 is 0 Å². The molecule has 1 radical (unpaired) electrons. The summed E-state index contributed by atoms with van der Waals surface area (Å²) >= 11 is 0. The highest BCUT2D eigenvalue weighted by Crippen LogP contribution is 2.05. The van der Waals surface area contributed by atoms with Crippen LogP contribution < -0.4 is 0 Å². The fourth-order valence-corrected chi connectivity index (χ4v) is 0.445. The van der Waals surface area contributed by atoms with Crippen molar-refractivity contribution in [3.8, 4) is 0 Å². The molecule has 1 N–H and O–H groups in total. The fraction of sp³-hybridized carbons (Fsp3) is 0. The van der Waals surface area contributed by atoms with Crippen LogP contribution in [-0.2, 0) is 0 Å². The highest BCUT2D eigenvalue weighted by molar-refractivity contribution is 5.21. The Morgan fingerprint density at radius 2 is 2.56 bits per heavy atom. The van der Waals surface area contributed by atoms with E-state index in [-0.39, 0.29) is 5.82 Å². The summed E-state index contributed by atoms with van der Waals surface area (Å²) in [4.78, 5) is 9.37. The van der Waals surface area contributed by atoms with Crippen LogP contribution in [-0.4, -0.2) is 15.1 Å². The summed E-state index contributed by atoms with van der Waals surface area (Å²) in [7, 11) is 0. The zero-order valence-electron chi connectivity index (χ0n) is 4.50. The Balaban J connectivity index is 2.98. The van der Waals surface area contributed by atoms with Gasteiger partial charge in [0, 0.05) is 0 Å². The van der Waals surface area contributed by atoms with Crippen molar-refractivity contribution in [2.75, 3.05) is 0 Å². The standard InChI is InChI=1S/C4H4N3O2/c1-3-2-4(6-5-3)7(8)9/h2H,1H2,(H,5,6). The van der Waals surface area contributed by atoms with E-state index in [1.54, 1.807) is 0 Å². The van der Waals surface area contributed by atoms with Crippen LogP contribution in [0.4, 0.5) is 5.82 Å². The lowest BCUT2D eigenvalue weighted by atomic mass is 10.5. The molecule has 5 nitrogen and oxygen atoms in total. The second kappa shape index (κ2) is 1.85. The molecule has 1 heterocycles. The first-order valence-electron chi connectivity index (χ1n) is 2.22. The molecule has 0 unspecified atom stereocenters. The Hall–Kier alpha value is -1.39. The lowest BCUT2D eigenvalue weighted by Gasteiger charge is -1.83. The van der Waals surface area contributed by atoms with Crippen molar-refractivity contribution in [1.82, 2.24) is 10.2 Å². The zero-order valence-corrected chi connectivity index (χ0v) is 4.50. The van der Waals surface area contributed by atoms with Gasteiger partial charge >= 0.3 is 5.82 Å². The minimum Gasteiger partial charge on any atom is -0.358 e. The molecular weight excluding hydrogens is 122 g/mol. The second-order valence-corrected chi connectivity index (χ2v) is 1.50. The molecule has 9 heavy (non-hydrogen) atoms. The zero-order chi connectivity index (χ0) is 6.85. The Morgan fingerprint density at radius 1 is 1.89 bits per heavy atom. The predicted molar refractivity (Wildman–Crippen MR) is 29.7 cm³/mol. The van der Waals surface area contributed by atoms with Gasteiger partial charge in [-0.3, -0.25) is 0 Å². The van der Waals surface area contributed by atoms with Gasteiger partial charge in [0.05, 0.1) is 11.8 Å². The van der Waals surface area contributed by atoms with E-state index in [2.05, 4.69) is 17.1 Å². The molecule has 0 fully saturated rings. The molecule has 0 aliphatic rings. The van der Waals surface area contributed by atoms with Crippen LogP contribution in [0.25, 0.3) is 0 Å². The van der Waals surface area contributed by atoms with Crippen molar-refractivity contribution in [3.05, 3.63) is 28.8 Å². The molecule has 0 amide bonds. The Bertz CT molecular complexity index is 229. The number of rotatable bonds is 1. The maximum absolute atomic E-state index is 9.92. The van der Waals surface area contributed by atoms with Gasteiger partial charge in [0.15, 0.2) is 0 Å². The van der Waals surface area contributed by atoms with Crippen LogP contribution in [0.3, 0.4) is 0 Å². The lowest BCUT2D eigenvalue weighted by Crippen LogP contribution is -1.86. The minimum absolute atomic E-state index is 0.125. The van der Waals surface area contributed by atoms with Crippen LogP contribution in [0.5, 0.6) is 0 Å². The summed E-state index contributed by atoms with van der Waals surface area (Å²) < 4.78 is 0. The van der Waals surface area contributed by atoms with Gasteiger partial charge in [-0.15, -0.1) is 5.10 Å². The largest absolute Gasteiger partial charge is 0.358 e. The number of hydrogen-bond acceptors (Lipinski definition) is 3. The Labute approximate surface area is 50.8 Å². The first-order valence-corrected chi connectivity index (χ1v) is 2.22. The number of hydrogen-bond donors (Lipinski definition) is 1. The third kappa shape index (κ3) is 1.04. The molecule has 0 spiro atoms. The third-order valence-electron chi connectivity index (χ3n) is 0.814. The van der Waals surface area contributed by atoms with Gasteiger partial charge in [-0.2, -0.15) is 0 Å².